The number of nitrogens with one attached hydrogen (secondary N) is 1. The van der Waals surface area contributed by atoms with E-state index in [2.05, 4.69) is 35.6 Å². The molecule has 1 aliphatic rings. The van der Waals surface area contributed by atoms with E-state index < -0.39 is 0 Å². The van der Waals surface area contributed by atoms with E-state index in [0.717, 1.165) is 6.04 Å². The average Bonchev–Trinajstić information content (AvgIpc) is 2.69. The highest BCUT2D eigenvalue weighted by atomic mass is 32.2. The number of thioether (sulfide) groups is 1. The Labute approximate surface area is 83.9 Å². The van der Waals surface area contributed by atoms with Gasteiger partial charge in [0.25, 0.3) is 0 Å². The Morgan fingerprint density at radius 3 is 2.85 bits per heavy atom. The lowest BCUT2D eigenvalue weighted by Gasteiger charge is -2.08. The van der Waals surface area contributed by atoms with Crippen molar-refractivity contribution >= 4 is 11.8 Å². The molecule has 0 unspecified atom stereocenters. The van der Waals surface area contributed by atoms with Crippen molar-refractivity contribution in [2.45, 2.75) is 23.8 Å². The predicted molar refractivity (Wildman–Crippen MR) is 58.2 cm³/mol. The molecule has 1 nitrogen and oxygen atoms in total. The molecule has 0 amide bonds. The number of benzene rings is 1. The van der Waals surface area contributed by atoms with Gasteiger partial charge in [-0.3, -0.25) is 0 Å². The molecule has 1 aromatic rings. The van der Waals surface area contributed by atoms with E-state index in [0.29, 0.717) is 0 Å². The first-order valence-corrected chi connectivity index (χ1v) is 5.85. The molecular formula is C11H15NS. The second kappa shape index (κ2) is 4.68. The van der Waals surface area contributed by atoms with Gasteiger partial charge in [-0.05, 0) is 31.5 Å². The van der Waals surface area contributed by atoms with Gasteiger partial charge in [0, 0.05) is 16.7 Å². The van der Waals surface area contributed by atoms with Gasteiger partial charge in [-0.2, -0.15) is 0 Å². The summed E-state index contributed by atoms with van der Waals surface area (Å²) in [5, 5.41) is 3.51. The van der Waals surface area contributed by atoms with E-state index in [1.54, 1.807) is 0 Å². The van der Waals surface area contributed by atoms with Crippen molar-refractivity contribution in [1.82, 2.24) is 5.32 Å². The minimum atomic E-state index is 0.741. The molecule has 0 spiro atoms. The first-order valence-electron chi connectivity index (χ1n) is 4.86. The zero-order valence-corrected chi connectivity index (χ0v) is 8.52. The molecule has 1 N–H and O–H groups in total. The molecule has 0 bridgehead atoms. The van der Waals surface area contributed by atoms with Gasteiger partial charge in [-0.1, -0.05) is 18.2 Å². The van der Waals surface area contributed by atoms with Crippen LogP contribution in [0.1, 0.15) is 12.8 Å². The standard InChI is InChI=1S/C11H15NS/c1-2-6-11(7-3-1)13-9-10-5-4-8-12-10/h1-3,6-7,10,12H,4-5,8-9H2/t10-/m0/s1. The highest BCUT2D eigenvalue weighted by Gasteiger charge is 2.13. The summed E-state index contributed by atoms with van der Waals surface area (Å²) in [6.45, 7) is 1.21. The summed E-state index contributed by atoms with van der Waals surface area (Å²) in [6, 6.07) is 11.4. The van der Waals surface area contributed by atoms with Gasteiger partial charge in [-0.25, -0.2) is 0 Å². The van der Waals surface area contributed by atoms with Gasteiger partial charge < -0.3 is 5.32 Å². The molecule has 1 saturated heterocycles. The van der Waals surface area contributed by atoms with Crippen molar-refractivity contribution in [3.8, 4) is 0 Å². The molecule has 0 saturated carbocycles. The molecule has 70 valence electrons. The maximum atomic E-state index is 3.51. The van der Waals surface area contributed by atoms with Crippen LogP contribution in [0.25, 0.3) is 0 Å². The van der Waals surface area contributed by atoms with Crippen LogP contribution in [0, 0.1) is 0 Å². The first-order chi connectivity index (χ1) is 6.45. The number of hydrogen-bond donors (Lipinski definition) is 1. The van der Waals surface area contributed by atoms with E-state index in [1.807, 2.05) is 11.8 Å². The van der Waals surface area contributed by atoms with Crippen LogP contribution in [0.4, 0.5) is 0 Å². The van der Waals surface area contributed by atoms with Gasteiger partial charge in [0.2, 0.25) is 0 Å². The number of rotatable bonds is 3. The van der Waals surface area contributed by atoms with Crippen LogP contribution in [0.5, 0.6) is 0 Å². The van der Waals surface area contributed by atoms with Crippen LogP contribution in [0.2, 0.25) is 0 Å². The monoisotopic (exact) mass is 193 g/mol. The second-order valence-corrected chi connectivity index (χ2v) is 4.51. The minimum absolute atomic E-state index is 0.741. The zero-order chi connectivity index (χ0) is 8.93. The Bertz CT molecular complexity index is 242. The highest BCUT2D eigenvalue weighted by Crippen LogP contribution is 2.20. The van der Waals surface area contributed by atoms with Crippen molar-refractivity contribution in [3.63, 3.8) is 0 Å². The van der Waals surface area contributed by atoms with E-state index in [-0.39, 0.29) is 0 Å². The fourth-order valence-electron chi connectivity index (χ4n) is 1.61. The van der Waals surface area contributed by atoms with Crippen molar-refractivity contribution in [3.05, 3.63) is 30.3 Å². The highest BCUT2D eigenvalue weighted by molar-refractivity contribution is 7.99. The topological polar surface area (TPSA) is 12.0 Å². The maximum Gasteiger partial charge on any atom is 0.0162 e. The SMILES string of the molecule is c1ccc(SC[C@@H]2CCCN2)cc1. The van der Waals surface area contributed by atoms with E-state index in [9.17, 15) is 0 Å². The summed E-state index contributed by atoms with van der Waals surface area (Å²) in [7, 11) is 0. The van der Waals surface area contributed by atoms with Crippen LogP contribution in [0.3, 0.4) is 0 Å². The number of hydrogen-bond acceptors (Lipinski definition) is 2. The lowest BCUT2D eigenvalue weighted by atomic mass is 10.3. The Morgan fingerprint density at radius 1 is 1.31 bits per heavy atom. The molecule has 1 atom stereocenters. The van der Waals surface area contributed by atoms with Crippen molar-refractivity contribution in [2.75, 3.05) is 12.3 Å². The third-order valence-corrected chi connectivity index (χ3v) is 3.53. The molecule has 1 aromatic carbocycles. The summed E-state index contributed by atoms with van der Waals surface area (Å²) in [5.41, 5.74) is 0. The van der Waals surface area contributed by atoms with E-state index in [4.69, 9.17) is 0 Å². The maximum absolute atomic E-state index is 3.51. The van der Waals surface area contributed by atoms with Crippen molar-refractivity contribution < 1.29 is 0 Å². The van der Waals surface area contributed by atoms with Crippen LogP contribution >= 0.6 is 11.8 Å². The van der Waals surface area contributed by atoms with Crippen molar-refractivity contribution in [2.24, 2.45) is 0 Å². The predicted octanol–water partition coefficient (Wildman–Crippen LogP) is 2.53. The Kier molecular flexibility index (Phi) is 3.27. The van der Waals surface area contributed by atoms with E-state index in [1.165, 1.54) is 30.0 Å². The van der Waals surface area contributed by atoms with Gasteiger partial charge in [0.05, 0.1) is 0 Å². The quantitative estimate of drug-likeness (QED) is 0.740. The summed E-state index contributed by atoms with van der Waals surface area (Å²) >= 11 is 1.96. The molecule has 1 aliphatic heterocycles. The second-order valence-electron chi connectivity index (χ2n) is 3.42. The largest absolute Gasteiger partial charge is 0.313 e. The van der Waals surface area contributed by atoms with Gasteiger partial charge >= 0.3 is 0 Å². The smallest absolute Gasteiger partial charge is 0.0162 e. The molecule has 1 heterocycles. The Balaban J connectivity index is 1.79. The molecule has 1 fully saturated rings. The zero-order valence-electron chi connectivity index (χ0n) is 7.70. The molecule has 2 rings (SSSR count). The Morgan fingerprint density at radius 2 is 2.15 bits per heavy atom. The van der Waals surface area contributed by atoms with Crippen LogP contribution in [0.15, 0.2) is 35.2 Å². The van der Waals surface area contributed by atoms with Gasteiger partial charge in [-0.15, -0.1) is 11.8 Å². The molecule has 2 heteroatoms. The molecule has 0 aromatic heterocycles. The van der Waals surface area contributed by atoms with Crippen LogP contribution in [-0.4, -0.2) is 18.3 Å². The average molecular weight is 193 g/mol. The third kappa shape index (κ3) is 2.75. The van der Waals surface area contributed by atoms with Crippen LogP contribution < -0.4 is 5.32 Å². The van der Waals surface area contributed by atoms with E-state index >= 15 is 0 Å². The van der Waals surface area contributed by atoms with Gasteiger partial charge in [0.15, 0.2) is 0 Å². The van der Waals surface area contributed by atoms with Gasteiger partial charge in [0.1, 0.15) is 0 Å². The third-order valence-electron chi connectivity index (χ3n) is 2.36. The molecule has 0 aliphatic carbocycles. The minimum Gasteiger partial charge on any atom is -0.313 e. The normalized spacial score (nSPS) is 22.0. The summed E-state index contributed by atoms with van der Waals surface area (Å²) in [5.74, 6) is 1.21. The van der Waals surface area contributed by atoms with Crippen LogP contribution in [-0.2, 0) is 0 Å². The summed E-state index contributed by atoms with van der Waals surface area (Å²) in [6.07, 6.45) is 2.69. The summed E-state index contributed by atoms with van der Waals surface area (Å²) in [4.78, 5) is 1.39. The molecular weight excluding hydrogens is 178 g/mol. The lowest BCUT2D eigenvalue weighted by Crippen LogP contribution is -2.23. The fraction of sp³-hybridized carbons (Fsp3) is 0.455. The Hall–Kier alpha value is -0.470. The molecule has 0 radical (unpaired) electrons. The van der Waals surface area contributed by atoms with Crippen molar-refractivity contribution in [1.29, 1.82) is 0 Å². The summed E-state index contributed by atoms with van der Waals surface area (Å²) < 4.78 is 0. The molecule has 13 heavy (non-hydrogen) atoms. The lowest BCUT2D eigenvalue weighted by molar-refractivity contribution is 0.674. The first kappa shape index (κ1) is 9.10. The fourth-order valence-corrected chi connectivity index (χ4v) is 2.64.